The molecule has 162 valence electrons. The first kappa shape index (κ1) is 22.9. The van der Waals surface area contributed by atoms with Crippen molar-refractivity contribution in [1.82, 2.24) is 0 Å². The molecule has 0 aromatic heterocycles. The van der Waals surface area contributed by atoms with E-state index in [0.717, 1.165) is 27.2 Å². The molecule has 1 atom stereocenters. The van der Waals surface area contributed by atoms with Crippen LogP contribution in [0.15, 0.2) is 82.6 Å². The molecule has 0 aliphatic carbocycles. The average molecular weight is 455 g/mol. The number of hydrogen-bond acceptors (Lipinski definition) is 4. The van der Waals surface area contributed by atoms with Gasteiger partial charge in [0.2, 0.25) is 15.9 Å². The van der Waals surface area contributed by atoms with Crippen molar-refractivity contribution in [3.8, 4) is 0 Å². The predicted molar refractivity (Wildman–Crippen MR) is 128 cm³/mol. The third-order valence-corrected chi connectivity index (χ3v) is 6.99. The minimum atomic E-state index is -3.68. The SMILES string of the molecule is Cc1cc(C)cc(N(C(C)C(=O)Nc2ccccc2Sc2ccccc2)S(C)(=O)=O)c1. The first-order valence-corrected chi connectivity index (χ1v) is 12.5. The number of rotatable bonds is 7. The number of aryl methyl sites for hydroxylation is 2. The highest BCUT2D eigenvalue weighted by molar-refractivity contribution is 7.99. The molecule has 1 amide bonds. The van der Waals surface area contributed by atoms with Gasteiger partial charge in [-0.2, -0.15) is 0 Å². The molecule has 0 fully saturated rings. The molecule has 5 nitrogen and oxygen atoms in total. The summed E-state index contributed by atoms with van der Waals surface area (Å²) in [5.74, 6) is -0.398. The van der Waals surface area contributed by atoms with Gasteiger partial charge in [-0.3, -0.25) is 9.10 Å². The number of nitrogens with zero attached hydrogens (tertiary/aromatic N) is 1. The second-order valence-electron chi connectivity index (χ2n) is 7.48. The smallest absolute Gasteiger partial charge is 0.248 e. The number of hydrogen-bond donors (Lipinski definition) is 1. The van der Waals surface area contributed by atoms with Gasteiger partial charge in [0.05, 0.1) is 17.6 Å². The highest BCUT2D eigenvalue weighted by Crippen LogP contribution is 2.33. The number of benzene rings is 3. The molecular formula is C24H26N2O3S2. The summed E-state index contributed by atoms with van der Waals surface area (Å²) in [6.45, 7) is 5.40. The van der Waals surface area contributed by atoms with E-state index in [0.29, 0.717) is 11.4 Å². The van der Waals surface area contributed by atoms with Gasteiger partial charge in [0.25, 0.3) is 0 Å². The fraction of sp³-hybridized carbons (Fsp3) is 0.208. The Kier molecular flexibility index (Phi) is 7.08. The van der Waals surface area contributed by atoms with Crippen LogP contribution >= 0.6 is 11.8 Å². The Labute approximate surface area is 188 Å². The fourth-order valence-electron chi connectivity index (χ4n) is 3.40. The number of anilines is 2. The summed E-state index contributed by atoms with van der Waals surface area (Å²) in [6.07, 6.45) is 1.12. The van der Waals surface area contributed by atoms with E-state index in [1.165, 1.54) is 16.1 Å². The maximum Gasteiger partial charge on any atom is 0.248 e. The van der Waals surface area contributed by atoms with E-state index in [2.05, 4.69) is 5.32 Å². The number of carbonyl (C=O) groups is 1. The van der Waals surface area contributed by atoms with Crippen LogP contribution in [0.2, 0.25) is 0 Å². The van der Waals surface area contributed by atoms with Crippen molar-refractivity contribution in [1.29, 1.82) is 0 Å². The standard InChI is InChI=1S/C24H26N2O3S2/c1-17-14-18(2)16-20(15-17)26(31(4,28)29)19(3)24(27)25-22-12-8-9-13-23(22)30-21-10-6-5-7-11-21/h5-16,19H,1-4H3,(H,25,27). The van der Waals surface area contributed by atoms with Gasteiger partial charge in [-0.1, -0.05) is 48.2 Å². The maximum atomic E-state index is 13.1. The molecule has 0 aliphatic rings. The van der Waals surface area contributed by atoms with E-state index >= 15 is 0 Å². The number of para-hydroxylation sites is 1. The molecule has 3 aromatic carbocycles. The average Bonchev–Trinajstić information content (AvgIpc) is 2.68. The lowest BCUT2D eigenvalue weighted by molar-refractivity contribution is -0.116. The molecule has 0 bridgehead atoms. The molecule has 7 heteroatoms. The van der Waals surface area contributed by atoms with Crippen LogP contribution in [0.3, 0.4) is 0 Å². The molecule has 31 heavy (non-hydrogen) atoms. The van der Waals surface area contributed by atoms with Gasteiger partial charge >= 0.3 is 0 Å². The van der Waals surface area contributed by atoms with E-state index < -0.39 is 22.0 Å². The van der Waals surface area contributed by atoms with Crippen molar-refractivity contribution in [3.63, 3.8) is 0 Å². The Balaban J connectivity index is 1.88. The predicted octanol–water partition coefficient (Wildman–Crippen LogP) is 5.25. The van der Waals surface area contributed by atoms with E-state index in [1.54, 1.807) is 19.1 Å². The Hall–Kier alpha value is -2.77. The van der Waals surface area contributed by atoms with Crippen molar-refractivity contribution in [2.45, 2.75) is 36.6 Å². The van der Waals surface area contributed by atoms with Crippen LogP contribution in [-0.4, -0.2) is 26.6 Å². The lowest BCUT2D eigenvalue weighted by Crippen LogP contribution is -2.45. The molecule has 0 saturated heterocycles. The summed E-state index contributed by atoms with van der Waals surface area (Å²) in [5, 5.41) is 2.92. The molecule has 0 spiro atoms. The molecule has 0 aliphatic heterocycles. The highest BCUT2D eigenvalue weighted by Gasteiger charge is 2.29. The number of sulfonamides is 1. The summed E-state index contributed by atoms with van der Waals surface area (Å²) in [4.78, 5) is 15.0. The Morgan fingerprint density at radius 1 is 0.935 bits per heavy atom. The third kappa shape index (κ3) is 5.89. The minimum Gasteiger partial charge on any atom is -0.323 e. The first-order valence-electron chi connectivity index (χ1n) is 9.85. The largest absolute Gasteiger partial charge is 0.323 e. The lowest BCUT2D eigenvalue weighted by Gasteiger charge is -2.29. The molecular weight excluding hydrogens is 428 g/mol. The Morgan fingerprint density at radius 2 is 1.52 bits per heavy atom. The second-order valence-corrected chi connectivity index (χ2v) is 10.5. The molecule has 1 N–H and O–H groups in total. The summed E-state index contributed by atoms with van der Waals surface area (Å²) in [6, 6.07) is 21.9. The van der Waals surface area contributed by atoms with Crippen LogP contribution in [0.4, 0.5) is 11.4 Å². The van der Waals surface area contributed by atoms with Gasteiger partial charge in [0.15, 0.2) is 0 Å². The van der Waals surface area contributed by atoms with E-state index in [1.807, 2.05) is 74.5 Å². The summed E-state index contributed by atoms with van der Waals surface area (Å²) >= 11 is 1.54. The molecule has 3 aromatic rings. The summed E-state index contributed by atoms with van der Waals surface area (Å²) in [5.41, 5.74) is 2.98. The molecule has 1 unspecified atom stereocenters. The van der Waals surface area contributed by atoms with Crippen LogP contribution in [0.1, 0.15) is 18.1 Å². The van der Waals surface area contributed by atoms with Crippen molar-refractivity contribution >= 4 is 39.1 Å². The second kappa shape index (κ2) is 9.58. The van der Waals surface area contributed by atoms with E-state index in [-0.39, 0.29) is 0 Å². The van der Waals surface area contributed by atoms with E-state index in [4.69, 9.17) is 0 Å². The minimum absolute atomic E-state index is 0.398. The topological polar surface area (TPSA) is 66.5 Å². The molecule has 3 rings (SSSR count). The fourth-order valence-corrected chi connectivity index (χ4v) is 5.48. The lowest BCUT2D eigenvalue weighted by atomic mass is 10.1. The van der Waals surface area contributed by atoms with Gasteiger partial charge in [0.1, 0.15) is 6.04 Å². The van der Waals surface area contributed by atoms with Crippen molar-refractivity contribution < 1.29 is 13.2 Å². The van der Waals surface area contributed by atoms with Crippen LogP contribution in [0.5, 0.6) is 0 Å². The van der Waals surface area contributed by atoms with Crippen LogP contribution < -0.4 is 9.62 Å². The number of amides is 1. The molecule has 0 heterocycles. The van der Waals surface area contributed by atoms with Gasteiger partial charge in [-0.15, -0.1) is 0 Å². The van der Waals surface area contributed by atoms with Crippen molar-refractivity contribution in [2.24, 2.45) is 0 Å². The zero-order valence-corrected chi connectivity index (χ0v) is 19.6. The maximum absolute atomic E-state index is 13.1. The molecule has 0 saturated carbocycles. The van der Waals surface area contributed by atoms with E-state index in [9.17, 15) is 13.2 Å². The monoisotopic (exact) mass is 454 g/mol. The quantitative estimate of drug-likeness (QED) is 0.530. The summed E-state index contributed by atoms with van der Waals surface area (Å²) < 4.78 is 26.4. The zero-order chi connectivity index (χ0) is 22.6. The number of carbonyl (C=O) groups excluding carboxylic acids is 1. The Morgan fingerprint density at radius 3 is 2.13 bits per heavy atom. The van der Waals surface area contributed by atoms with Crippen LogP contribution in [0.25, 0.3) is 0 Å². The Bertz CT molecular complexity index is 1160. The van der Waals surface area contributed by atoms with Gasteiger partial charge in [-0.25, -0.2) is 8.42 Å². The summed E-state index contributed by atoms with van der Waals surface area (Å²) in [7, 11) is -3.68. The van der Waals surface area contributed by atoms with Gasteiger partial charge in [-0.05, 0) is 68.3 Å². The van der Waals surface area contributed by atoms with Crippen LogP contribution in [0, 0.1) is 13.8 Å². The normalized spacial score (nSPS) is 12.3. The molecule has 0 radical (unpaired) electrons. The van der Waals surface area contributed by atoms with Gasteiger partial charge < -0.3 is 5.32 Å². The van der Waals surface area contributed by atoms with Gasteiger partial charge in [0, 0.05) is 9.79 Å². The van der Waals surface area contributed by atoms with Crippen molar-refractivity contribution in [2.75, 3.05) is 15.9 Å². The first-order chi connectivity index (χ1) is 14.6. The third-order valence-electron chi connectivity index (χ3n) is 4.67. The zero-order valence-electron chi connectivity index (χ0n) is 18.0. The number of nitrogens with one attached hydrogen (secondary N) is 1. The highest BCUT2D eigenvalue weighted by atomic mass is 32.2. The van der Waals surface area contributed by atoms with Crippen molar-refractivity contribution in [3.05, 3.63) is 83.9 Å². The van der Waals surface area contributed by atoms with Crippen LogP contribution in [-0.2, 0) is 14.8 Å².